The highest BCUT2D eigenvalue weighted by Gasteiger charge is 2.44. The molecule has 1 saturated heterocycles. The molecule has 12 heteroatoms. The van der Waals surface area contributed by atoms with E-state index in [0.717, 1.165) is 5.56 Å². The number of carbonyl (C=O) groups excluding carboxylic acids is 2. The Morgan fingerprint density at radius 1 is 1.23 bits per heavy atom. The summed E-state index contributed by atoms with van der Waals surface area (Å²) in [6, 6.07) is 6.09. The first-order chi connectivity index (χ1) is 20.9. The number of benzene rings is 1. The fraction of sp³-hybridized carbons (Fsp3) is 0.281. The van der Waals surface area contributed by atoms with Crippen molar-refractivity contribution in [2.24, 2.45) is 0 Å². The maximum Gasteiger partial charge on any atom is 0.282 e. The molecule has 6 rings (SSSR count). The van der Waals surface area contributed by atoms with Crippen LogP contribution in [0.3, 0.4) is 0 Å². The molecule has 0 aliphatic carbocycles. The summed E-state index contributed by atoms with van der Waals surface area (Å²) >= 11 is 6.78. The molecule has 3 aromatic heterocycles. The number of aromatic nitrogens is 3. The van der Waals surface area contributed by atoms with Crippen LogP contribution >= 0.6 is 11.6 Å². The normalized spacial score (nSPS) is 17.8. The van der Waals surface area contributed by atoms with E-state index in [2.05, 4.69) is 16.9 Å². The maximum atomic E-state index is 15.1. The number of carbonyl (C=O) groups is 2. The highest BCUT2D eigenvalue weighted by Crippen LogP contribution is 2.43. The number of phenolic OH excluding ortho intramolecular Hbond substituents is 1. The van der Waals surface area contributed by atoms with E-state index in [4.69, 9.17) is 16.6 Å². The molecule has 0 bridgehead atoms. The van der Waals surface area contributed by atoms with Crippen LogP contribution in [0.2, 0.25) is 5.02 Å². The molecular weight excluding hydrogens is 587 g/mol. The third-order valence-electron chi connectivity index (χ3n) is 8.26. The summed E-state index contributed by atoms with van der Waals surface area (Å²) in [5, 5.41) is 13.9. The number of phenols is 1. The number of piperazine rings is 1. The maximum absolute atomic E-state index is 15.1. The molecule has 0 saturated carbocycles. The SMILES string of the molecule is C=CC(=O)N1CC2C(=O)Nc3c(c4cc(Cl)c(-c5c(O)cccc5F)nc4n(-c4c(C)ccnc4C(C)C)c3=O)N2CC1C. The number of aromatic hydroxyl groups is 1. The van der Waals surface area contributed by atoms with E-state index < -0.39 is 23.3 Å². The van der Waals surface area contributed by atoms with Gasteiger partial charge in [-0.25, -0.2) is 9.37 Å². The Hall–Kier alpha value is -4.77. The predicted molar refractivity (Wildman–Crippen MR) is 167 cm³/mol. The zero-order chi connectivity index (χ0) is 31.6. The van der Waals surface area contributed by atoms with Crippen molar-refractivity contribution in [3.8, 4) is 22.7 Å². The smallest absolute Gasteiger partial charge is 0.282 e. The van der Waals surface area contributed by atoms with E-state index in [1.165, 1.54) is 28.8 Å². The summed E-state index contributed by atoms with van der Waals surface area (Å²) in [4.78, 5) is 53.4. The van der Waals surface area contributed by atoms with Crippen LogP contribution in [0.25, 0.3) is 28.0 Å². The van der Waals surface area contributed by atoms with Gasteiger partial charge in [-0.1, -0.05) is 38.1 Å². The molecule has 5 heterocycles. The van der Waals surface area contributed by atoms with Crippen LogP contribution < -0.4 is 15.8 Å². The summed E-state index contributed by atoms with van der Waals surface area (Å²) in [5.41, 5.74) is 1.57. The molecule has 0 spiro atoms. The second-order valence-corrected chi connectivity index (χ2v) is 11.8. The van der Waals surface area contributed by atoms with Gasteiger partial charge >= 0.3 is 0 Å². The number of anilines is 2. The number of nitrogens with zero attached hydrogens (tertiary/aromatic N) is 5. The molecule has 2 aliphatic heterocycles. The van der Waals surface area contributed by atoms with Gasteiger partial charge in [0, 0.05) is 24.2 Å². The number of hydrogen-bond donors (Lipinski definition) is 2. The summed E-state index contributed by atoms with van der Waals surface area (Å²) in [7, 11) is 0. The molecule has 2 aliphatic rings. The van der Waals surface area contributed by atoms with Crippen molar-refractivity contribution in [3.05, 3.63) is 81.6 Å². The van der Waals surface area contributed by atoms with E-state index >= 15 is 4.39 Å². The molecular formula is C32H30ClFN6O4. The molecule has 2 unspecified atom stereocenters. The van der Waals surface area contributed by atoms with Crippen molar-refractivity contribution in [1.29, 1.82) is 0 Å². The third kappa shape index (κ3) is 4.41. The van der Waals surface area contributed by atoms with Gasteiger partial charge in [-0.05, 0) is 55.7 Å². The number of hydrogen-bond acceptors (Lipinski definition) is 7. The van der Waals surface area contributed by atoms with Crippen LogP contribution in [0.4, 0.5) is 15.8 Å². The lowest BCUT2D eigenvalue weighted by Crippen LogP contribution is -2.64. The van der Waals surface area contributed by atoms with Crippen LogP contribution in [-0.2, 0) is 9.59 Å². The Kier molecular flexibility index (Phi) is 7.16. The molecule has 44 heavy (non-hydrogen) atoms. The average Bonchev–Trinajstić information content (AvgIpc) is 2.97. The fourth-order valence-electron chi connectivity index (χ4n) is 6.17. The van der Waals surface area contributed by atoms with E-state index in [-0.39, 0.29) is 64.3 Å². The Bertz CT molecular complexity index is 1940. The number of amides is 2. The minimum Gasteiger partial charge on any atom is -0.507 e. The van der Waals surface area contributed by atoms with Crippen molar-refractivity contribution in [2.45, 2.75) is 45.7 Å². The van der Waals surface area contributed by atoms with Gasteiger partial charge in [0.1, 0.15) is 23.3 Å². The van der Waals surface area contributed by atoms with Gasteiger partial charge in [0.2, 0.25) is 11.8 Å². The van der Waals surface area contributed by atoms with Crippen LogP contribution in [-0.4, -0.2) is 61.5 Å². The number of halogens is 2. The fourth-order valence-corrected chi connectivity index (χ4v) is 6.42. The van der Waals surface area contributed by atoms with Crippen LogP contribution in [0.15, 0.2) is 54.0 Å². The Balaban J connectivity index is 1.73. The van der Waals surface area contributed by atoms with Crippen molar-refractivity contribution < 1.29 is 19.1 Å². The number of fused-ring (bicyclic) bond motifs is 5. The first-order valence-electron chi connectivity index (χ1n) is 14.2. The van der Waals surface area contributed by atoms with E-state index in [9.17, 15) is 19.5 Å². The summed E-state index contributed by atoms with van der Waals surface area (Å²) < 4.78 is 16.5. The van der Waals surface area contributed by atoms with E-state index in [1.807, 2.05) is 27.7 Å². The third-order valence-corrected chi connectivity index (χ3v) is 8.55. The predicted octanol–water partition coefficient (Wildman–Crippen LogP) is 4.92. The van der Waals surface area contributed by atoms with Crippen molar-refractivity contribution in [2.75, 3.05) is 23.3 Å². The largest absolute Gasteiger partial charge is 0.507 e. The van der Waals surface area contributed by atoms with Crippen LogP contribution in [0.1, 0.15) is 37.9 Å². The van der Waals surface area contributed by atoms with Gasteiger partial charge in [-0.3, -0.25) is 23.9 Å². The number of pyridine rings is 3. The topological polar surface area (TPSA) is 121 Å². The lowest BCUT2D eigenvalue weighted by atomic mass is 9.99. The Morgan fingerprint density at radius 3 is 2.66 bits per heavy atom. The Morgan fingerprint density at radius 2 is 1.98 bits per heavy atom. The van der Waals surface area contributed by atoms with Gasteiger partial charge in [-0.15, -0.1) is 0 Å². The second-order valence-electron chi connectivity index (χ2n) is 11.4. The molecule has 10 nitrogen and oxygen atoms in total. The molecule has 226 valence electrons. The van der Waals surface area contributed by atoms with Crippen LogP contribution in [0, 0.1) is 12.7 Å². The van der Waals surface area contributed by atoms with Gasteiger partial charge in [-0.2, -0.15) is 0 Å². The summed E-state index contributed by atoms with van der Waals surface area (Å²) in [6.07, 6.45) is 2.87. The standard InChI is InChI=1S/C32H30ClFN6O4/c1-6-23(42)38-14-21-31(43)37-27-29(39(21)13-17(38)5)18-12-19(33)26(24-20(34)8-7-9-22(24)41)36-30(18)40(32(27)44)28-16(4)10-11-35-25(28)15(2)3/h6-12,15,17,21,41H,1,13-14H2,2-5H3,(H,37,43). The highest BCUT2D eigenvalue weighted by atomic mass is 35.5. The number of aryl methyl sites for hydroxylation is 1. The lowest BCUT2D eigenvalue weighted by molar-refractivity contribution is -0.130. The van der Waals surface area contributed by atoms with Crippen molar-refractivity contribution in [3.63, 3.8) is 0 Å². The second kappa shape index (κ2) is 10.7. The number of nitrogens with one attached hydrogen (secondary N) is 1. The van der Waals surface area contributed by atoms with E-state index in [1.54, 1.807) is 28.1 Å². The zero-order valence-electron chi connectivity index (χ0n) is 24.6. The quantitative estimate of drug-likeness (QED) is 0.312. The zero-order valence-corrected chi connectivity index (χ0v) is 25.3. The minimum absolute atomic E-state index is 0.0271. The van der Waals surface area contributed by atoms with Crippen molar-refractivity contribution >= 4 is 45.8 Å². The van der Waals surface area contributed by atoms with Gasteiger partial charge in [0.05, 0.1) is 39.9 Å². The van der Waals surface area contributed by atoms with Crippen LogP contribution in [0.5, 0.6) is 5.75 Å². The molecule has 1 aromatic carbocycles. The minimum atomic E-state index is -0.804. The molecule has 2 N–H and O–H groups in total. The van der Waals surface area contributed by atoms with E-state index in [0.29, 0.717) is 22.5 Å². The molecule has 0 radical (unpaired) electrons. The number of rotatable bonds is 4. The first kappa shape index (κ1) is 29.3. The Labute approximate surface area is 257 Å². The van der Waals surface area contributed by atoms with Gasteiger partial charge in [0.25, 0.3) is 5.56 Å². The molecule has 4 aromatic rings. The van der Waals surface area contributed by atoms with Gasteiger partial charge in [0.15, 0.2) is 5.65 Å². The highest BCUT2D eigenvalue weighted by molar-refractivity contribution is 6.34. The average molecular weight is 617 g/mol. The molecule has 2 atom stereocenters. The summed E-state index contributed by atoms with van der Waals surface area (Å²) in [5.74, 6) is -1.94. The monoisotopic (exact) mass is 616 g/mol. The van der Waals surface area contributed by atoms with Crippen molar-refractivity contribution in [1.82, 2.24) is 19.4 Å². The first-order valence-corrected chi connectivity index (χ1v) is 14.6. The molecule has 2 amide bonds. The van der Waals surface area contributed by atoms with Gasteiger partial charge < -0.3 is 20.2 Å². The lowest BCUT2D eigenvalue weighted by Gasteiger charge is -2.48. The summed E-state index contributed by atoms with van der Waals surface area (Å²) in [6.45, 7) is 11.5. The molecule has 1 fully saturated rings.